The number of nitrogens with zero attached hydrogens (tertiary/aromatic N) is 2. The molecule has 3 aromatic rings. The second-order valence-corrected chi connectivity index (χ2v) is 5.49. The zero-order chi connectivity index (χ0) is 15.0. The van der Waals surface area contributed by atoms with Crippen molar-refractivity contribution in [3.05, 3.63) is 48.2 Å². The summed E-state index contributed by atoms with van der Waals surface area (Å²) in [5.41, 5.74) is 7.64. The molecule has 0 aliphatic rings. The van der Waals surface area contributed by atoms with Crippen LogP contribution in [0.4, 0.5) is 5.69 Å². The molecule has 1 heterocycles. The number of nitrogen functional groups attached to an aromatic ring is 1. The number of nitrogens with two attached hydrogens (primary N) is 1. The smallest absolute Gasteiger partial charge is 0.241 e. The van der Waals surface area contributed by atoms with E-state index in [2.05, 4.69) is 31.1 Å². The Kier molecular flexibility index (Phi) is 3.29. The molecule has 3 rings (SSSR count). The van der Waals surface area contributed by atoms with Crippen molar-refractivity contribution in [2.24, 2.45) is 7.05 Å². The fraction of sp³-hybridized carbons (Fsp3) is 0.235. The molecule has 0 radical (unpaired) electrons. The van der Waals surface area contributed by atoms with Crippen LogP contribution in [0.25, 0.3) is 10.8 Å². The molecule has 0 amide bonds. The summed E-state index contributed by atoms with van der Waals surface area (Å²) in [6.07, 6.45) is 0. The molecule has 0 aliphatic carbocycles. The number of fused-ring (bicyclic) bond motifs is 1. The van der Waals surface area contributed by atoms with Crippen LogP contribution in [0.1, 0.15) is 25.5 Å². The van der Waals surface area contributed by atoms with E-state index in [1.54, 1.807) is 4.68 Å². The van der Waals surface area contributed by atoms with Crippen molar-refractivity contribution in [1.29, 1.82) is 0 Å². The van der Waals surface area contributed by atoms with Gasteiger partial charge >= 0.3 is 0 Å². The van der Waals surface area contributed by atoms with Gasteiger partial charge in [0.2, 0.25) is 5.88 Å². The molecule has 21 heavy (non-hydrogen) atoms. The van der Waals surface area contributed by atoms with Gasteiger partial charge in [0, 0.05) is 7.05 Å². The van der Waals surface area contributed by atoms with E-state index in [9.17, 15) is 0 Å². The summed E-state index contributed by atoms with van der Waals surface area (Å²) in [5, 5.41) is 6.76. The van der Waals surface area contributed by atoms with Gasteiger partial charge in [-0.15, -0.1) is 0 Å². The molecule has 2 N–H and O–H groups in total. The van der Waals surface area contributed by atoms with Crippen LogP contribution in [0.15, 0.2) is 42.5 Å². The maximum absolute atomic E-state index is 6.16. The number of hydrogen-bond acceptors (Lipinski definition) is 3. The summed E-state index contributed by atoms with van der Waals surface area (Å²) in [4.78, 5) is 0. The number of aromatic nitrogens is 2. The largest absolute Gasteiger partial charge is 0.437 e. The predicted octanol–water partition coefficient (Wildman–Crippen LogP) is 4.07. The molecule has 0 atom stereocenters. The first kappa shape index (κ1) is 13.5. The van der Waals surface area contributed by atoms with Crippen LogP contribution in [0.5, 0.6) is 11.6 Å². The third-order valence-electron chi connectivity index (χ3n) is 3.54. The van der Waals surface area contributed by atoms with Crippen LogP contribution in [-0.2, 0) is 7.05 Å². The summed E-state index contributed by atoms with van der Waals surface area (Å²) < 4.78 is 7.65. The van der Waals surface area contributed by atoms with Crippen LogP contribution in [0.3, 0.4) is 0 Å². The Bertz CT molecular complexity index is 790. The predicted molar refractivity (Wildman–Crippen MR) is 85.7 cm³/mol. The monoisotopic (exact) mass is 281 g/mol. The van der Waals surface area contributed by atoms with E-state index in [1.165, 1.54) is 5.39 Å². The molecule has 4 heteroatoms. The average molecular weight is 281 g/mol. The zero-order valence-corrected chi connectivity index (χ0v) is 12.5. The lowest BCUT2D eigenvalue weighted by atomic mass is 10.1. The number of benzene rings is 2. The van der Waals surface area contributed by atoms with Crippen molar-refractivity contribution >= 4 is 16.5 Å². The first-order chi connectivity index (χ1) is 10.1. The van der Waals surface area contributed by atoms with Gasteiger partial charge in [0.05, 0.1) is 5.69 Å². The summed E-state index contributed by atoms with van der Waals surface area (Å²) in [5.74, 6) is 1.62. The highest BCUT2D eigenvalue weighted by Crippen LogP contribution is 2.33. The zero-order valence-electron chi connectivity index (χ0n) is 12.5. The Morgan fingerprint density at radius 2 is 1.81 bits per heavy atom. The molecule has 0 saturated carbocycles. The molecule has 0 unspecified atom stereocenters. The first-order valence-electron chi connectivity index (χ1n) is 7.05. The maximum Gasteiger partial charge on any atom is 0.241 e. The van der Waals surface area contributed by atoms with Gasteiger partial charge in [-0.05, 0) is 28.8 Å². The number of anilines is 1. The highest BCUT2D eigenvalue weighted by Gasteiger charge is 2.17. The van der Waals surface area contributed by atoms with Crippen molar-refractivity contribution in [1.82, 2.24) is 9.78 Å². The van der Waals surface area contributed by atoms with Gasteiger partial charge in [0.1, 0.15) is 11.4 Å². The van der Waals surface area contributed by atoms with Crippen LogP contribution in [0, 0.1) is 0 Å². The van der Waals surface area contributed by atoms with Crippen LogP contribution in [0.2, 0.25) is 0 Å². The topological polar surface area (TPSA) is 53.1 Å². The van der Waals surface area contributed by atoms with Gasteiger partial charge in [-0.2, -0.15) is 5.10 Å². The number of hydrogen-bond donors (Lipinski definition) is 1. The molecule has 0 fully saturated rings. The van der Waals surface area contributed by atoms with Crippen LogP contribution >= 0.6 is 0 Å². The van der Waals surface area contributed by atoms with E-state index in [-0.39, 0.29) is 5.92 Å². The molecule has 0 aliphatic heterocycles. The lowest BCUT2D eigenvalue weighted by Crippen LogP contribution is -1.97. The first-order valence-corrected chi connectivity index (χ1v) is 7.05. The number of ether oxygens (including phenoxy) is 1. The normalized spacial score (nSPS) is 11.2. The second-order valence-electron chi connectivity index (χ2n) is 5.49. The van der Waals surface area contributed by atoms with Gasteiger partial charge in [0.15, 0.2) is 0 Å². The summed E-state index contributed by atoms with van der Waals surface area (Å²) in [6.45, 7) is 4.14. The fourth-order valence-corrected chi connectivity index (χ4v) is 2.43. The molecule has 2 aromatic carbocycles. The molecule has 108 valence electrons. The van der Waals surface area contributed by atoms with Crippen molar-refractivity contribution in [2.75, 3.05) is 5.73 Å². The number of aryl methyl sites for hydroxylation is 1. The van der Waals surface area contributed by atoms with Crippen molar-refractivity contribution in [3.8, 4) is 11.6 Å². The Labute approximate surface area is 124 Å². The third kappa shape index (κ3) is 2.44. The number of rotatable bonds is 3. The van der Waals surface area contributed by atoms with Crippen molar-refractivity contribution < 1.29 is 4.74 Å². The van der Waals surface area contributed by atoms with Gasteiger partial charge in [-0.3, -0.25) is 0 Å². The SMILES string of the molecule is CC(C)c1nn(C)c(Oc2ccc3ccccc3c2)c1N. The van der Waals surface area contributed by atoms with Gasteiger partial charge in [0.25, 0.3) is 0 Å². The van der Waals surface area contributed by atoms with E-state index >= 15 is 0 Å². The van der Waals surface area contributed by atoms with E-state index in [0.717, 1.165) is 16.8 Å². The Morgan fingerprint density at radius 1 is 1.10 bits per heavy atom. The molecular weight excluding hydrogens is 262 g/mol. The minimum Gasteiger partial charge on any atom is -0.437 e. The van der Waals surface area contributed by atoms with Crippen molar-refractivity contribution in [2.45, 2.75) is 19.8 Å². The quantitative estimate of drug-likeness (QED) is 0.787. The summed E-state index contributed by atoms with van der Waals surface area (Å²) >= 11 is 0. The highest BCUT2D eigenvalue weighted by atomic mass is 16.5. The van der Waals surface area contributed by atoms with E-state index in [4.69, 9.17) is 10.5 Å². The Balaban J connectivity index is 1.98. The summed E-state index contributed by atoms with van der Waals surface area (Å²) in [7, 11) is 1.85. The molecule has 0 spiro atoms. The van der Waals surface area contributed by atoms with E-state index in [1.807, 2.05) is 37.4 Å². The summed E-state index contributed by atoms with van der Waals surface area (Å²) in [6, 6.07) is 14.2. The van der Waals surface area contributed by atoms with E-state index in [0.29, 0.717) is 11.6 Å². The fourth-order valence-electron chi connectivity index (χ4n) is 2.43. The Hall–Kier alpha value is -2.49. The minimum atomic E-state index is 0.269. The molecule has 4 nitrogen and oxygen atoms in total. The van der Waals surface area contributed by atoms with Crippen molar-refractivity contribution in [3.63, 3.8) is 0 Å². The van der Waals surface area contributed by atoms with Gasteiger partial charge in [-0.1, -0.05) is 44.2 Å². The lowest BCUT2D eigenvalue weighted by molar-refractivity contribution is 0.433. The standard InChI is InChI=1S/C17H19N3O/c1-11(2)16-15(18)17(20(3)19-16)21-14-9-8-12-6-4-5-7-13(12)10-14/h4-11H,18H2,1-3H3. The highest BCUT2D eigenvalue weighted by molar-refractivity contribution is 5.83. The minimum absolute atomic E-state index is 0.269. The lowest BCUT2D eigenvalue weighted by Gasteiger charge is -2.08. The molecular formula is C17H19N3O. The third-order valence-corrected chi connectivity index (χ3v) is 3.54. The Morgan fingerprint density at radius 3 is 2.48 bits per heavy atom. The maximum atomic E-state index is 6.16. The van der Waals surface area contributed by atoms with Gasteiger partial charge < -0.3 is 10.5 Å². The second kappa shape index (κ2) is 5.13. The van der Waals surface area contributed by atoms with Crippen LogP contribution in [-0.4, -0.2) is 9.78 Å². The molecule has 0 saturated heterocycles. The average Bonchev–Trinajstić information content (AvgIpc) is 2.75. The van der Waals surface area contributed by atoms with E-state index < -0.39 is 0 Å². The molecule has 1 aromatic heterocycles. The molecule has 0 bridgehead atoms. The van der Waals surface area contributed by atoms with Crippen LogP contribution < -0.4 is 10.5 Å². The van der Waals surface area contributed by atoms with Gasteiger partial charge in [-0.25, -0.2) is 4.68 Å².